The van der Waals surface area contributed by atoms with Gasteiger partial charge >= 0.3 is 0 Å². The van der Waals surface area contributed by atoms with Crippen LogP contribution in [0, 0.1) is 22.7 Å². The number of aliphatic hydroxyl groups excluding tert-OH is 3. The van der Waals surface area contributed by atoms with Gasteiger partial charge in [0.25, 0.3) is 0 Å². The molecule has 0 spiro atoms. The van der Waals surface area contributed by atoms with E-state index in [4.69, 9.17) is 0 Å². The van der Waals surface area contributed by atoms with E-state index in [0.29, 0.717) is 11.1 Å². The van der Waals surface area contributed by atoms with Gasteiger partial charge in [-0.05, 0) is 40.9 Å². The van der Waals surface area contributed by atoms with Crippen molar-refractivity contribution in [1.82, 2.24) is 0 Å². The average Bonchev–Trinajstić information content (AvgIpc) is 2.96. The molecule has 3 aliphatic carbocycles. The largest absolute Gasteiger partial charge is 0.511 e. The number of hydrogen-bond acceptors (Lipinski definition) is 8. The highest BCUT2D eigenvalue weighted by Gasteiger charge is 2.76. The minimum atomic E-state index is -2.91. The predicted molar refractivity (Wildman–Crippen MR) is 175 cm³/mol. The van der Waals surface area contributed by atoms with Gasteiger partial charge in [0, 0.05) is 22.3 Å². The van der Waals surface area contributed by atoms with E-state index in [1.54, 1.807) is 52.0 Å². The lowest BCUT2D eigenvalue weighted by Gasteiger charge is -2.63. The number of carbonyl (C=O) groups is 3. The summed E-state index contributed by atoms with van der Waals surface area (Å²) in [6.45, 7) is 15.6. The highest BCUT2D eigenvalue weighted by Crippen LogP contribution is 2.67. The van der Waals surface area contributed by atoms with Gasteiger partial charge in [0.2, 0.25) is 5.78 Å². The van der Waals surface area contributed by atoms with Crippen LogP contribution in [0.2, 0.25) is 0 Å². The molecular formula is C38H44O8. The number of ketones is 3. The van der Waals surface area contributed by atoms with Crippen LogP contribution < -0.4 is 0 Å². The molecule has 2 aromatic carbocycles. The number of rotatable bonds is 4. The van der Waals surface area contributed by atoms with E-state index in [1.807, 2.05) is 24.3 Å². The fraction of sp³-hybridized carbons (Fsp3) is 0.447. The molecule has 1 unspecified atom stereocenters. The first-order valence-electron chi connectivity index (χ1n) is 15.7. The molecule has 5 N–H and O–H groups in total. The van der Waals surface area contributed by atoms with Gasteiger partial charge in [-0.15, -0.1) is 0 Å². The maximum Gasteiger partial charge on any atom is 0.209 e. The molecule has 0 aliphatic heterocycles. The van der Waals surface area contributed by atoms with Crippen LogP contribution in [0.5, 0.6) is 5.75 Å². The van der Waals surface area contributed by atoms with Gasteiger partial charge in [-0.25, -0.2) is 0 Å². The third-order valence-corrected chi connectivity index (χ3v) is 11.1. The summed E-state index contributed by atoms with van der Waals surface area (Å²) >= 11 is 0. The number of Topliss-reactive ketones (excluding diaryl/α,β-unsaturated/α-hetero) is 3. The highest BCUT2D eigenvalue weighted by molar-refractivity contribution is 6.25. The fourth-order valence-electron chi connectivity index (χ4n) is 8.37. The quantitative estimate of drug-likeness (QED) is 0.194. The summed E-state index contributed by atoms with van der Waals surface area (Å²) in [6.07, 6.45) is 1.82. The molecule has 0 fully saturated rings. The fourth-order valence-corrected chi connectivity index (χ4v) is 8.37. The third kappa shape index (κ3) is 4.15. The zero-order valence-electron chi connectivity index (χ0n) is 27.9. The minimum Gasteiger partial charge on any atom is -0.511 e. The summed E-state index contributed by atoms with van der Waals surface area (Å²) in [6, 6.07) is 11.4. The summed E-state index contributed by atoms with van der Waals surface area (Å²) in [5.74, 6) is -7.17. The maximum absolute atomic E-state index is 14.4. The molecule has 0 saturated heterocycles. The van der Waals surface area contributed by atoms with E-state index >= 15 is 0 Å². The lowest BCUT2D eigenvalue weighted by molar-refractivity contribution is -0.211. The van der Waals surface area contributed by atoms with Gasteiger partial charge in [-0.1, -0.05) is 104 Å². The van der Waals surface area contributed by atoms with Crippen LogP contribution in [0.3, 0.4) is 0 Å². The van der Waals surface area contributed by atoms with Crippen molar-refractivity contribution in [2.24, 2.45) is 22.7 Å². The normalized spacial score (nSPS) is 31.3. The summed E-state index contributed by atoms with van der Waals surface area (Å²) in [7, 11) is 0. The van der Waals surface area contributed by atoms with Crippen molar-refractivity contribution in [3.63, 3.8) is 0 Å². The Morgan fingerprint density at radius 1 is 0.957 bits per heavy atom. The summed E-state index contributed by atoms with van der Waals surface area (Å²) in [4.78, 5) is 40.9. The maximum atomic E-state index is 14.4. The Morgan fingerprint density at radius 3 is 2.07 bits per heavy atom. The van der Waals surface area contributed by atoms with Crippen molar-refractivity contribution < 1.29 is 39.9 Å². The molecular weight excluding hydrogens is 584 g/mol. The van der Waals surface area contributed by atoms with Gasteiger partial charge in [0.1, 0.15) is 22.8 Å². The second-order valence-corrected chi connectivity index (χ2v) is 15.0. The van der Waals surface area contributed by atoms with E-state index in [-0.39, 0.29) is 16.7 Å². The molecule has 0 bridgehead atoms. The van der Waals surface area contributed by atoms with E-state index in [9.17, 15) is 39.9 Å². The Hall–Kier alpha value is -4.01. The molecule has 6 atom stereocenters. The van der Waals surface area contributed by atoms with Gasteiger partial charge in [0.05, 0.1) is 17.2 Å². The van der Waals surface area contributed by atoms with Crippen molar-refractivity contribution in [2.45, 2.75) is 85.4 Å². The van der Waals surface area contributed by atoms with Crippen LogP contribution in [0.15, 0.2) is 59.1 Å². The Balaban J connectivity index is 1.70. The number of aromatic hydroxyl groups is 1. The zero-order valence-corrected chi connectivity index (χ0v) is 27.9. The standard InChI is InChI=1S/C38H44O8/c1-18(2)27-30(41)25(20(4)39)32(43)38(46)33(44)28-31(42)26-24(19(3)36(28,8)34(45)37(27,38)9)17-14-22(29(26)40)13-10-21-11-15-23(16-12-21)35(5,6)7/h10-19,27,34,40-41,44-46H,1-9H3/b13-10+/t19-,27?,34-,36+,37+,38+/m1/s1. The average molecular weight is 629 g/mol. The molecule has 0 amide bonds. The number of benzene rings is 2. The van der Waals surface area contributed by atoms with Gasteiger partial charge < -0.3 is 25.5 Å². The van der Waals surface area contributed by atoms with Crippen molar-refractivity contribution >= 4 is 29.5 Å². The number of carbonyl (C=O) groups excluding carboxylic acids is 3. The van der Waals surface area contributed by atoms with Crippen LogP contribution in [0.4, 0.5) is 0 Å². The molecule has 46 heavy (non-hydrogen) atoms. The van der Waals surface area contributed by atoms with Crippen LogP contribution in [0.25, 0.3) is 12.2 Å². The Labute approximate surface area is 269 Å². The molecule has 0 aromatic heterocycles. The first kappa shape index (κ1) is 33.4. The topological polar surface area (TPSA) is 152 Å². The predicted octanol–water partition coefficient (Wildman–Crippen LogP) is 6.35. The smallest absolute Gasteiger partial charge is 0.209 e. The molecule has 8 nitrogen and oxygen atoms in total. The molecule has 0 heterocycles. The van der Waals surface area contributed by atoms with E-state index < -0.39 is 80.3 Å². The van der Waals surface area contributed by atoms with Gasteiger partial charge in [0.15, 0.2) is 17.2 Å². The van der Waals surface area contributed by atoms with Gasteiger partial charge in [-0.3, -0.25) is 14.4 Å². The lowest BCUT2D eigenvalue weighted by atomic mass is 9.41. The summed E-state index contributed by atoms with van der Waals surface area (Å²) < 4.78 is 0. The van der Waals surface area contributed by atoms with E-state index in [1.165, 1.54) is 12.5 Å². The monoisotopic (exact) mass is 628 g/mol. The third-order valence-electron chi connectivity index (χ3n) is 11.1. The second kappa shape index (κ2) is 10.5. The van der Waals surface area contributed by atoms with Crippen LogP contribution in [0.1, 0.15) is 101 Å². The first-order valence-corrected chi connectivity index (χ1v) is 15.7. The molecule has 3 aliphatic rings. The zero-order chi connectivity index (χ0) is 34.5. The highest BCUT2D eigenvalue weighted by atomic mass is 16.4. The second-order valence-electron chi connectivity index (χ2n) is 15.0. The molecule has 0 radical (unpaired) electrons. The first-order chi connectivity index (χ1) is 21.2. The molecule has 244 valence electrons. The van der Waals surface area contributed by atoms with Gasteiger partial charge in [-0.2, -0.15) is 0 Å². The van der Waals surface area contributed by atoms with E-state index in [0.717, 1.165) is 12.5 Å². The van der Waals surface area contributed by atoms with Crippen molar-refractivity contribution in [1.29, 1.82) is 0 Å². The number of phenols is 1. The summed E-state index contributed by atoms with van der Waals surface area (Å²) in [5, 5.41) is 59.3. The molecule has 2 aromatic rings. The molecule has 0 saturated carbocycles. The lowest BCUT2D eigenvalue weighted by Crippen LogP contribution is -2.73. The number of fused-ring (bicyclic) bond motifs is 3. The number of phenolic OH excluding ortho intramolecular Hbond substituents is 1. The number of aliphatic hydroxyl groups is 4. The molecule has 8 heteroatoms. The van der Waals surface area contributed by atoms with Crippen molar-refractivity contribution in [3.8, 4) is 5.75 Å². The number of hydrogen-bond donors (Lipinski definition) is 5. The molecule has 5 rings (SSSR count). The minimum absolute atomic E-state index is 0.00959. The van der Waals surface area contributed by atoms with Crippen LogP contribution in [-0.4, -0.2) is 54.6 Å². The SMILES string of the molecule is CC(=O)C1=C(O)C(C(C)C)[C@@]2(C)[C@H](O)[C@]3(C)C(=C(O)[C@@]2(O)C1=O)C(=O)c1c(ccc(/C=C/c2ccc(C(C)(C)C)cc2)c1O)[C@H]3C. The van der Waals surface area contributed by atoms with Crippen molar-refractivity contribution in [2.75, 3.05) is 0 Å². The van der Waals surface area contributed by atoms with Crippen molar-refractivity contribution in [3.05, 3.63) is 86.9 Å². The Bertz CT molecular complexity index is 1770. The Kier molecular flexibility index (Phi) is 7.62. The van der Waals surface area contributed by atoms with Crippen LogP contribution >= 0.6 is 0 Å². The summed E-state index contributed by atoms with van der Waals surface area (Å²) in [5.41, 5.74) is -4.81. The van der Waals surface area contributed by atoms with E-state index in [2.05, 4.69) is 20.8 Å². The number of allylic oxidation sites excluding steroid dienone is 1. The van der Waals surface area contributed by atoms with Crippen LogP contribution in [-0.2, 0) is 15.0 Å². The Morgan fingerprint density at radius 2 is 1.54 bits per heavy atom.